The van der Waals surface area contributed by atoms with E-state index in [9.17, 15) is 14.7 Å². The number of hydrogen-bond donors (Lipinski definition) is 1. The number of aliphatic carboxylic acids is 1. The molecule has 4 rings (SSSR count). The van der Waals surface area contributed by atoms with Crippen LogP contribution in [-0.4, -0.2) is 40.1 Å². The number of carbonyl (C=O) groups excluding carboxylic acids is 1. The van der Waals surface area contributed by atoms with Crippen LogP contribution in [0.2, 0.25) is 0 Å². The van der Waals surface area contributed by atoms with Gasteiger partial charge in [-0.25, -0.2) is 0 Å². The molecule has 5 unspecified atom stereocenters. The Bertz CT molecular complexity index is 670. The van der Waals surface area contributed by atoms with Crippen molar-refractivity contribution in [3.05, 3.63) is 48.0 Å². The quantitative estimate of drug-likeness (QED) is 0.861. The molecule has 0 saturated carbocycles. The van der Waals surface area contributed by atoms with Crippen molar-refractivity contribution < 1.29 is 19.4 Å². The third kappa shape index (κ3) is 1.63. The zero-order valence-electron chi connectivity index (χ0n) is 12.2. The van der Waals surface area contributed by atoms with E-state index in [2.05, 4.69) is 0 Å². The van der Waals surface area contributed by atoms with Gasteiger partial charge < -0.3 is 14.7 Å². The largest absolute Gasteiger partial charge is 0.481 e. The molecule has 2 bridgehead atoms. The van der Waals surface area contributed by atoms with E-state index >= 15 is 0 Å². The van der Waals surface area contributed by atoms with Gasteiger partial charge in [-0.1, -0.05) is 42.5 Å². The van der Waals surface area contributed by atoms with Gasteiger partial charge in [-0.15, -0.1) is 0 Å². The number of amides is 1. The number of benzene rings is 1. The zero-order valence-corrected chi connectivity index (χ0v) is 12.2. The first kappa shape index (κ1) is 13.5. The van der Waals surface area contributed by atoms with Gasteiger partial charge in [0.1, 0.15) is 11.5 Å². The Morgan fingerprint density at radius 1 is 1.41 bits per heavy atom. The van der Waals surface area contributed by atoms with E-state index in [-0.39, 0.29) is 11.9 Å². The normalized spacial score (nSPS) is 36.7. The lowest BCUT2D eigenvalue weighted by Gasteiger charge is -2.27. The second-order valence-corrected chi connectivity index (χ2v) is 6.29. The average Bonchev–Trinajstić information content (AvgIpc) is 3.15. The summed E-state index contributed by atoms with van der Waals surface area (Å²) in [7, 11) is 0. The molecule has 5 heteroatoms. The Balaban J connectivity index is 1.68. The van der Waals surface area contributed by atoms with Crippen molar-refractivity contribution in [3.8, 4) is 0 Å². The van der Waals surface area contributed by atoms with Gasteiger partial charge in [0.05, 0.1) is 24.6 Å². The number of rotatable bonds is 3. The van der Waals surface area contributed by atoms with Crippen LogP contribution in [0.3, 0.4) is 0 Å². The number of nitrogens with zero attached hydrogens (tertiary/aromatic N) is 1. The Kier molecular flexibility index (Phi) is 2.72. The molecule has 0 aliphatic carbocycles. The fraction of sp³-hybridized carbons (Fsp3) is 0.412. The van der Waals surface area contributed by atoms with Crippen LogP contribution in [0.15, 0.2) is 42.5 Å². The summed E-state index contributed by atoms with van der Waals surface area (Å²) in [6.07, 6.45) is 3.21. The lowest BCUT2D eigenvalue weighted by Crippen LogP contribution is -2.39. The number of fused-ring (bicyclic) bond motifs is 1. The average molecular weight is 299 g/mol. The van der Waals surface area contributed by atoms with Gasteiger partial charge in [0.15, 0.2) is 0 Å². The summed E-state index contributed by atoms with van der Waals surface area (Å²) >= 11 is 0. The molecule has 0 aromatic heterocycles. The number of hydrogen-bond acceptors (Lipinski definition) is 3. The molecule has 2 saturated heterocycles. The van der Waals surface area contributed by atoms with Crippen molar-refractivity contribution in [1.29, 1.82) is 0 Å². The molecule has 1 amide bonds. The Morgan fingerprint density at radius 3 is 2.82 bits per heavy atom. The highest BCUT2D eigenvalue weighted by Crippen LogP contribution is 2.53. The Hall–Kier alpha value is -2.14. The van der Waals surface area contributed by atoms with Crippen LogP contribution >= 0.6 is 0 Å². The van der Waals surface area contributed by atoms with Crippen LogP contribution < -0.4 is 0 Å². The first-order chi connectivity index (χ1) is 10.5. The number of ether oxygens (including phenoxy) is 1. The van der Waals surface area contributed by atoms with Gasteiger partial charge >= 0.3 is 5.97 Å². The summed E-state index contributed by atoms with van der Waals surface area (Å²) in [5.41, 5.74) is 0.283. The van der Waals surface area contributed by atoms with Gasteiger partial charge in [-0.05, 0) is 12.5 Å². The second-order valence-electron chi connectivity index (χ2n) is 6.29. The minimum Gasteiger partial charge on any atom is -0.481 e. The van der Waals surface area contributed by atoms with Crippen LogP contribution in [0, 0.1) is 11.8 Å². The molecule has 114 valence electrons. The molecule has 1 N–H and O–H groups in total. The molecule has 2 fully saturated rings. The van der Waals surface area contributed by atoms with Crippen molar-refractivity contribution in [1.82, 2.24) is 4.90 Å². The van der Waals surface area contributed by atoms with Gasteiger partial charge in [-0.3, -0.25) is 9.59 Å². The van der Waals surface area contributed by atoms with Crippen LogP contribution in [0.4, 0.5) is 0 Å². The van der Waals surface area contributed by atoms with Crippen LogP contribution in [0.1, 0.15) is 18.5 Å². The predicted octanol–water partition coefficient (Wildman–Crippen LogP) is 1.61. The van der Waals surface area contributed by atoms with Crippen molar-refractivity contribution in [2.24, 2.45) is 11.8 Å². The first-order valence-electron chi connectivity index (χ1n) is 7.49. The smallest absolute Gasteiger partial charge is 0.310 e. The maximum atomic E-state index is 12.8. The highest BCUT2D eigenvalue weighted by molar-refractivity contribution is 5.91. The van der Waals surface area contributed by atoms with Crippen molar-refractivity contribution in [2.45, 2.75) is 24.7 Å². The van der Waals surface area contributed by atoms with Gasteiger partial charge in [0.2, 0.25) is 5.91 Å². The van der Waals surface area contributed by atoms with E-state index in [1.165, 1.54) is 0 Å². The molecule has 5 atom stereocenters. The van der Waals surface area contributed by atoms with Crippen molar-refractivity contribution in [3.63, 3.8) is 0 Å². The Labute approximate surface area is 128 Å². The third-order valence-electron chi connectivity index (χ3n) is 5.16. The number of carboxylic acids is 1. The number of carbonyl (C=O) groups is 2. The monoisotopic (exact) mass is 299 g/mol. The van der Waals surface area contributed by atoms with Gasteiger partial charge in [0.25, 0.3) is 0 Å². The maximum Gasteiger partial charge on any atom is 0.310 e. The molecule has 5 nitrogen and oxygen atoms in total. The predicted molar refractivity (Wildman–Crippen MR) is 77.9 cm³/mol. The second kappa shape index (κ2) is 4.43. The van der Waals surface area contributed by atoms with Crippen molar-refractivity contribution in [2.75, 3.05) is 6.54 Å². The van der Waals surface area contributed by atoms with E-state index in [4.69, 9.17) is 4.74 Å². The fourth-order valence-electron chi connectivity index (χ4n) is 4.05. The minimum absolute atomic E-state index is 0.0980. The SMILES string of the molecule is CC(c1ccccc1)N1CC23C=CC(O2)C(C(=O)O)C3C1=O. The highest BCUT2D eigenvalue weighted by atomic mass is 16.5. The van der Waals surface area contributed by atoms with E-state index < -0.39 is 29.5 Å². The first-order valence-corrected chi connectivity index (χ1v) is 7.49. The molecule has 3 aliphatic heterocycles. The summed E-state index contributed by atoms with van der Waals surface area (Å²) in [6.45, 7) is 2.39. The Morgan fingerprint density at radius 2 is 2.14 bits per heavy atom. The molecule has 3 heterocycles. The van der Waals surface area contributed by atoms with Gasteiger partial charge in [0, 0.05) is 0 Å². The fourth-order valence-corrected chi connectivity index (χ4v) is 4.05. The lowest BCUT2D eigenvalue weighted by molar-refractivity contribution is -0.148. The molecule has 1 aromatic rings. The highest BCUT2D eigenvalue weighted by Gasteiger charge is 2.67. The summed E-state index contributed by atoms with van der Waals surface area (Å²) < 4.78 is 5.89. The third-order valence-corrected chi connectivity index (χ3v) is 5.16. The standard InChI is InChI=1S/C17H17NO4/c1-10(11-5-3-2-4-6-11)18-9-17-8-7-12(22-17)13(16(20)21)14(17)15(18)19/h2-8,10,12-14H,9H2,1H3,(H,20,21). The summed E-state index contributed by atoms with van der Waals surface area (Å²) in [4.78, 5) is 26.1. The lowest BCUT2D eigenvalue weighted by atomic mass is 9.77. The van der Waals surface area contributed by atoms with E-state index in [1.54, 1.807) is 11.0 Å². The molecular weight excluding hydrogens is 282 g/mol. The van der Waals surface area contributed by atoms with E-state index in [1.807, 2.05) is 43.3 Å². The molecule has 1 aromatic carbocycles. The molecular formula is C17H17NO4. The number of likely N-dealkylation sites (tertiary alicyclic amines) is 1. The topological polar surface area (TPSA) is 66.8 Å². The van der Waals surface area contributed by atoms with Crippen molar-refractivity contribution >= 4 is 11.9 Å². The molecule has 1 spiro atoms. The van der Waals surface area contributed by atoms with Crippen LogP contribution in [0.5, 0.6) is 0 Å². The number of carboxylic acid groups (broad SMARTS) is 1. The summed E-state index contributed by atoms with van der Waals surface area (Å²) in [5.74, 6) is -2.45. The van der Waals surface area contributed by atoms with Crippen LogP contribution in [0.25, 0.3) is 0 Å². The zero-order chi connectivity index (χ0) is 15.5. The summed E-state index contributed by atoms with van der Waals surface area (Å²) in [6, 6.07) is 9.67. The molecule has 22 heavy (non-hydrogen) atoms. The van der Waals surface area contributed by atoms with Gasteiger partial charge in [-0.2, -0.15) is 0 Å². The van der Waals surface area contributed by atoms with Crippen LogP contribution in [-0.2, 0) is 14.3 Å². The minimum atomic E-state index is -0.955. The summed E-state index contributed by atoms with van der Waals surface area (Å²) in [5, 5.41) is 9.45. The van der Waals surface area contributed by atoms with E-state index in [0.717, 1.165) is 5.56 Å². The maximum absolute atomic E-state index is 12.8. The van der Waals surface area contributed by atoms with E-state index in [0.29, 0.717) is 6.54 Å². The molecule has 3 aliphatic rings. The molecule has 0 radical (unpaired) electrons.